The summed E-state index contributed by atoms with van der Waals surface area (Å²) in [6, 6.07) is 6.99. The Balaban J connectivity index is 2.85. The van der Waals surface area contributed by atoms with Crippen LogP contribution >= 0.6 is 0 Å². The van der Waals surface area contributed by atoms with Gasteiger partial charge in [0.15, 0.2) is 0 Å². The zero-order valence-electron chi connectivity index (χ0n) is 9.46. The second-order valence-electron chi connectivity index (χ2n) is 4.52. The summed E-state index contributed by atoms with van der Waals surface area (Å²) < 4.78 is 31.2. The van der Waals surface area contributed by atoms with Gasteiger partial charge in [-0.3, -0.25) is 4.79 Å². The van der Waals surface area contributed by atoms with Crippen LogP contribution in [-0.2, 0) is 15.6 Å². The summed E-state index contributed by atoms with van der Waals surface area (Å²) in [5, 5.41) is 0. The summed E-state index contributed by atoms with van der Waals surface area (Å²) >= 11 is 0. The maximum atomic E-state index is 13.5. The second-order valence-corrected chi connectivity index (χ2v) is 4.52. The lowest BCUT2D eigenvalue weighted by molar-refractivity contribution is -0.246. The molecule has 1 aromatic carbocycles. The van der Waals surface area contributed by atoms with Gasteiger partial charge in [0.1, 0.15) is 0 Å². The van der Waals surface area contributed by atoms with E-state index in [1.165, 1.54) is 45.0 Å². The fourth-order valence-corrected chi connectivity index (χ4v) is 0.961. The lowest BCUT2D eigenvalue weighted by Crippen LogP contribution is -2.30. The van der Waals surface area contributed by atoms with Gasteiger partial charge >= 0.3 is 12.1 Å². The van der Waals surface area contributed by atoms with Gasteiger partial charge in [-0.15, -0.1) is 0 Å². The Morgan fingerprint density at radius 1 is 1.12 bits per heavy atom. The van der Waals surface area contributed by atoms with Crippen LogP contribution in [0.4, 0.5) is 8.78 Å². The van der Waals surface area contributed by atoms with E-state index in [4.69, 9.17) is 0 Å². The zero-order chi connectivity index (χ0) is 12.4. The van der Waals surface area contributed by atoms with Crippen molar-refractivity contribution in [2.24, 2.45) is 5.41 Å². The van der Waals surface area contributed by atoms with Crippen LogP contribution in [0, 0.1) is 5.41 Å². The maximum Gasteiger partial charge on any atom is 0.428 e. The van der Waals surface area contributed by atoms with Gasteiger partial charge in [-0.25, -0.2) is 0 Å². The molecule has 0 radical (unpaired) electrons. The number of ether oxygens (including phenoxy) is 1. The quantitative estimate of drug-likeness (QED) is 0.726. The molecule has 1 aromatic rings. The average Bonchev–Trinajstić information content (AvgIpc) is 2.17. The molecule has 88 valence electrons. The standard InChI is InChI=1S/C12H14F2O2/c1-11(2,3)10(15)16-12(13,14)9-7-5-4-6-8-9/h4-8H,1-3H3. The fraction of sp³-hybridized carbons (Fsp3) is 0.417. The van der Waals surface area contributed by atoms with Crippen molar-refractivity contribution in [1.82, 2.24) is 0 Å². The summed E-state index contributed by atoms with van der Waals surface area (Å²) in [7, 11) is 0. The van der Waals surface area contributed by atoms with Crippen LogP contribution in [0.5, 0.6) is 0 Å². The Bertz CT molecular complexity index is 366. The first kappa shape index (κ1) is 12.6. The highest BCUT2D eigenvalue weighted by Gasteiger charge is 2.39. The minimum atomic E-state index is -3.58. The first-order valence-corrected chi connectivity index (χ1v) is 4.90. The number of alkyl halides is 2. The van der Waals surface area contributed by atoms with Gasteiger partial charge in [-0.05, 0) is 32.9 Å². The van der Waals surface area contributed by atoms with E-state index in [2.05, 4.69) is 4.74 Å². The van der Waals surface area contributed by atoms with Gasteiger partial charge in [-0.1, -0.05) is 18.2 Å². The van der Waals surface area contributed by atoms with Crippen molar-refractivity contribution >= 4 is 5.97 Å². The Labute approximate surface area is 93.2 Å². The number of esters is 1. The number of benzene rings is 1. The maximum absolute atomic E-state index is 13.5. The normalized spacial score (nSPS) is 12.3. The van der Waals surface area contributed by atoms with Crippen LogP contribution in [0.3, 0.4) is 0 Å². The zero-order valence-corrected chi connectivity index (χ0v) is 9.46. The highest BCUT2D eigenvalue weighted by molar-refractivity contribution is 5.75. The number of hydrogen-bond donors (Lipinski definition) is 0. The minimum Gasteiger partial charge on any atom is -0.397 e. The predicted molar refractivity (Wildman–Crippen MR) is 55.9 cm³/mol. The molecule has 0 saturated heterocycles. The molecule has 0 spiro atoms. The minimum absolute atomic E-state index is 0.326. The molecule has 0 aliphatic carbocycles. The fourth-order valence-electron chi connectivity index (χ4n) is 0.961. The molecular formula is C12H14F2O2. The number of hydrogen-bond acceptors (Lipinski definition) is 2. The molecule has 0 atom stereocenters. The lowest BCUT2D eigenvalue weighted by Gasteiger charge is -2.22. The molecule has 4 heteroatoms. The van der Waals surface area contributed by atoms with E-state index in [-0.39, 0.29) is 5.56 Å². The van der Waals surface area contributed by atoms with Crippen molar-refractivity contribution in [3.05, 3.63) is 35.9 Å². The first-order valence-electron chi connectivity index (χ1n) is 4.90. The van der Waals surface area contributed by atoms with E-state index in [9.17, 15) is 13.6 Å². The van der Waals surface area contributed by atoms with Crippen LogP contribution in [0.1, 0.15) is 26.3 Å². The lowest BCUT2D eigenvalue weighted by atomic mass is 9.97. The van der Waals surface area contributed by atoms with E-state index >= 15 is 0 Å². The van der Waals surface area contributed by atoms with Gasteiger partial charge in [-0.2, -0.15) is 8.78 Å². The van der Waals surface area contributed by atoms with Crippen molar-refractivity contribution in [3.63, 3.8) is 0 Å². The van der Waals surface area contributed by atoms with Gasteiger partial charge < -0.3 is 4.74 Å². The smallest absolute Gasteiger partial charge is 0.397 e. The molecule has 0 aliphatic rings. The van der Waals surface area contributed by atoms with Crippen LogP contribution in [0.15, 0.2) is 30.3 Å². The van der Waals surface area contributed by atoms with Crippen LogP contribution in [0.25, 0.3) is 0 Å². The average molecular weight is 228 g/mol. The molecule has 0 aliphatic heterocycles. The third kappa shape index (κ3) is 3.02. The van der Waals surface area contributed by atoms with Crippen molar-refractivity contribution in [3.8, 4) is 0 Å². The van der Waals surface area contributed by atoms with Gasteiger partial charge in [0.05, 0.1) is 11.0 Å². The molecule has 0 heterocycles. The topological polar surface area (TPSA) is 26.3 Å². The van der Waals surface area contributed by atoms with E-state index in [1.807, 2.05) is 0 Å². The molecule has 2 nitrogen and oxygen atoms in total. The summed E-state index contributed by atoms with van der Waals surface area (Å²) in [4.78, 5) is 11.4. The Morgan fingerprint density at radius 3 is 2.06 bits per heavy atom. The van der Waals surface area contributed by atoms with Crippen molar-refractivity contribution in [1.29, 1.82) is 0 Å². The van der Waals surface area contributed by atoms with Crippen molar-refractivity contribution < 1.29 is 18.3 Å². The molecular weight excluding hydrogens is 214 g/mol. The Kier molecular flexibility index (Phi) is 3.31. The van der Waals surface area contributed by atoms with E-state index in [0.29, 0.717) is 0 Å². The molecule has 0 unspecified atom stereocenters. The van der Waals surface area contributed by atoms with E-state index < -0.39 is 17.5 Å². The molecule has 0 fully saturated rings. The molecule has 1 rings (SSSR count). The largest absolute Gasteiger partial charge is 0.428 e. The number of carbonyl (C=O) groups excluding carboxylic acids is 1. The molecule has 0 amide bonds. The predicted octanol–water partition coefficient (Wildman–Crippen LogP) is 3.33. The third-order valence-electron chi connectivity index (χ3n) is 1.94. The van der Waals surface area contributed by atoms with Crippen molar-refractivity contribution in [2.45, 2.75) is 26.9 Å². The van der Waals surface area contributed by atoms with Gasteiger partial charge in [0.2, 0.25) is 0 Å². The van der Waals surface area contributed by atoms with E-state index in [1.54, 1.807) is 6.07 Å². The summed E-state index contributed by atoms with van der Waals surface area (Å²) in [6.07, 6.45) is -3.58. The second kappa shape index (κ2) is 4.20. The summed E-state index contributed by atoms with van der Waals surface area (Å²) in [6.45, 7) is 4.57. The molecule has 16 heavy (non-hydrogen) atoms. The van der Waals surface area contributed by atoms with Crippen LogP contribution < -0.4 is 0 Å². The SMILES string of the molecule is CC(C)(C)C(=O)OC(F)(F)c1ccccc1. The number of halogens is 2. The Morgan fingerprint density at radius 2 is 1.62 bits per heavy atom. The molecule has 0 saturated carbocycles. The summed E-state index contributed by atoms with van der Waals surface area (Å²) in [5.74, 6) is -0.929. The number of carbonyl (C=O) groups is 1. The highest BCUT2D eigenvalue weighted by Crippen LogP contribution is 2.32. The third-order valence-corrected chi connectivity index (χ3v) is 1.94. The van der Waals surface area contributed by atoms with Crippen molar-refractivity contribution in [2.75, 3.05) is 0 Å². The van der Waals surface area contributed by atoms with Crippen LogP contribution in [-0.4, -0.2) is 5.97 Å². The molecule has 0 bridgehead atoms. The van der Waals surface area contributed by atoms with E-state index in [0.717, 1.165) is 0 Å². The highest BCUT2D eigenvalue weighted by atomic mass is 19.3. The summed E-state index contributed by atoms with van der Waals surface area (Å²) in [5.41, 5.74) is -1.27. The van der Waals surface area contributed by atoms with Gasteiger partial charge in [0.25, 0.3) is 0 Å². The first-order chi connectivity index (χ1) is 7.23. The molecule has 0 aromatic heterocycles. The monoisotopic (exact) mass is 228 g/mol. The van der Waals surface area contributed by atoms with Gasteiger partial charge in [0, 0.05) is 0 Å². The molecule has 0 N–H and O–H groups in total. The van der Waals surface area contributed by atoms with Crippen LogP contribution in [0.2, 0.25) is 0 Å². The Hall–Kier alpha value is -1.45. The number of rotatable bonds is 2.